The summed E-state index contributed by atoms with van der Waals surface area (Å²) in [5.74, 6) is -2.78. The van der Waals surface area contributed by atoms with Crippen LogP contribution >= 0.6 is 0 Å². The Labute approximate surface area is 125 Å². The van der Waals surface area contributed by atoms with E-state index >= 15 is 0 Å². The van der Waals surface area contributed by atoms with Crippen molar-refractivity contribution >= 4 is 10.0 Å². The topological polar surface area (TPSA) is 66.4 Å². The molecule has 2 rings (SSSR count). The second-order valence-corrected chi connectivity index (χ2v) is 6.26. The number of hydrogen-bond acceptors (Lipinski definition) is 3. The Kier molecular flexibility index (Phi) is 4.84. The zero-order valence-electron chi connectivity index (χ0n) is 11.1. The minimum atomic E-state index is -4.23. The molecule has 2 aromatic rings. The van der Waals surface area contributed by atoms with Crippen LogP contribution < -0.4 is 4.72 Å². The molecule has 0 fully saturated rings. The Balaban J connectivity index is 2.14. The van der Waals surface area contributed by atoms with Crippen molar-refractivity contribution in [2.24, 2.45) is 0 Å². The number of sulfonamides is 1. The average Bonchev–Trinajstić information content (AvgIpc) is 2.44. The molecular weight excluding hydrogens is 319 g/mol. The first-order valence-electron chi connectivity index (χ1n) is 6.18. The summed E-state index contributed by atoms with van der Waals surface area (Å²) in [5, 5.41) is 9.81. The molecule has 0 aliphatic carbocycles. The van der Waals surface area contributed by atoms with Crippen LogP contribution in [0.15, 0.2) is 47.4 Å². The Bertz CT molecular complexity index is 760. The molecule has 0 aliphatic heterocycles. The lowest BCUT2D eigenvalue weighted by Gasteiger charge is -2.13. The minimum Gasteiger partial charge on any atom is -0.387 e. The third-order valence-corrected chi connectivity index (χ3v) is 4.28. The molecule has 22 heavy (non-hydrogen) atoms. The maximum atomic E-state index is 13.5. The van der Waals surface area contributed by atoms with Gasteiger partial charge in [0, 0.05) is 18.2 Å². The molecule has 118 valence electrons. The van der Waals surface area contributed by atoms with Crippen molar-refractivity contribution in [3.05, 3.63) is 65.5 Å². The summed E-state index contributed by atoms with van der Waals surface area (Å²) >= 11 is 0. The van der Waals surface area contributed by atoms with Crippen molar-refractivity contribution < 1.29 is 26.7 Å². The highest BCUT2D eigenvalue weighted by Gasteiger charge is 2.19. The zero-order valence-corrected chi connectivity index (χ0v) is 11.9. The predicted molar refractivity (Wildman–Crippen MR) is 72.9 cm³/mol. The molecule has 2 aromatic carbocycles. The fourth-order valence-corrected chi connectivity index (χ4v) is 2.89. The van der Waals surface area contributed by atoms with Crippen LogP contribution in [0.5, 0.6) is 0 Å². The van der Waals surface area contributed by atoms with Crippen molar-refractivity contribution in [1.82, 2.24) is 4.72 Å². The van der Waals surface area contributed by atoms with Crippen LogP contribution in [0.1, 0.15) is 11.7 Å². The van der Waals surface area contributed by atoms with Gasteiger partial charge in [0.1, 0.15) is 17.5 Å². The highest BCUT2D eigenvalue weighted by molar-refractivity contribution is 7.89. The Morgan fingerprint density at radius 2 is 1.64 bits per heavy atom. The maximum absolute atomic E-state index is 13.5. The Hall–Kier alpha value is -1.90. The van der Waals surface area contributed by atoms with Gasteiger partial charge in [0.2, 0.25) is 10.0 Å². The third-order valence-electron chi connectivity index (χ3n) is 2.88. The van der Waals surface area contributed by atoms with Gasteiger partial charge in [-0.15, -0.1) is 0 Å². The van der Waals surface area contributed by atoms with Crippen LogP contribution in [0, 0.1) is 17.5 Å². The van der Waals surface area contributed by atoms with Gasteiger partial charge >= 0.3 is 0 Å². The van der Waals surface area contributed by atoms with E-state index in [1.165, 1.54) is 18.2 Å². The SMILES string of the molecule is O=S(=O)(NCC(O)c1ccccc1F)c1cc(F)cc(F)c1. The van der Waals surface area contributed by atoms with Crippen molar-refractivity contribution in [2.75, 3.05) is 6.54 Å². The fourth-order valence-electron chi connectivity index (χ4n) is 1.81. The minimum absolute atomic E-state index is 0.0874. The zero-order chi connectivity index (χ0) is 16.3. The highest BCUT2D eigenvalue weighted by atomic mass is 32.2. The van der Waals surface area contributed by atoms with Crippen LogP contribution in [0.3, 0.4) is 0 Å². The van der Waals surface area contributed by atoms with E-state index in [9.17, 15) is 26.7 Å². The van der Waals surface area contributed by atoms with Gasteiger partial charge in [-0.25, -0.2) is 26.3 Å². The molecular formula is C14H12F3NO3S. The van der Waals surface area contributed by atoms with E-state index in [-0.39, 0.29) is 5.56 Å². The van der Waals surface area contributed by atoms with Crippen LogP contribution in [-0.2, 0) is 10.0 Å². The summed E-state index contributed by atoms with van der Waals surface area (Å²) in [6.45, 7) is -0.540. The van der Waals surface area contributed by atoms with Crippen LogP contribution in [0.4, 0.5) is 13.2 Å². The second-order valence-electron chi connectivity index (χ2n) is 4.49. The van der Waals surface area contributed by atoms with E-state index in [2.05, 4.69) is 0 Å². The molecule has 0 aromatic heterocycles. The molecule has 0 spiro atoms. The molecule has 0 amide bonds. The van der Waals surface area contributed by atoms with Gasteiger partial charge in [-0.3, -0.25) is 0 Å². The summed E-state index contributed by atoms with van der Waals surface area (Å²) in [6.07, 6.45) is -1.44. The summed E-state index contributed by atoms with van der Waals surface area (Å²) in [4.78, 5) is -0.620. The van der Waals surface area contributed by atoms with Crippen LogP contribution in [0.25, 0.3) is 0 Å². The molecule has 2 N–H and O–H groups in total. The molecule has 0 aliphatic rings. The molecule has 0 radical (unpaired) electrons. The van der Waals surface area contributed by atoms with E-state index < -0.39 is 45.0 Å². The summed E-state index contributed by atoms with van der Waals surface area (Å²) in [5.41, 5.74) is -0.0874. The predicted octanol–water partition coefficient (Wildman–Crippen LogP) is 2.12. The number of aliphatic hydroxyl groups is 1. The van der Waals surface area contributed by atoms with Crippen molar-refractivity contribution in [3.63, 3.8) is 0 Å². The molecule has 0 saturated carbocycles. The normalized spacial score (nSPS) is 13.1. The van der Waals surface area contributed by atoms with Gasteiger partial charge in [0.25, 0.3) is 0 Å². The van der Waals surface area contributed by atoms with Gasteiger partial charge in [-0.1, -0.05) is 18.2 Å². The van der Waals surface area contributed by atoms with E-state index in [0.29, 0.717) is 18.2 Å². The van der Waals surface area contributed by atoms with Gasteiger partial charge in [-0.05, 0) is 18.2 Å². The average molecular weight is 331 g/mol. The maximum Gasteiger partial charge on any atom is 0.240 e. The van der Waals surface area contributed by atoms with Crippen LogP contribution in [-0.4, -0.2) is 20.1 Å². The summed E-state index contributed by atoms with van der Waals surface area (Å²) in [7, 11) is -4.23. The number of nitrogens with one attached hydrogen (secondary N) is 1. The molecule has 0 saturated heterocycles. The first-order valence-corrected chi connectivity index (χ1v) is 7.66. The Morgan fingerprint density at radius 1 is 1.05 bits per heavy atom. The molecule has 1 atom stereocenters. The second kappa shape index (κ2) is 6.47. The summed E-state index contributed by atoms with van der Waals surface area (Å²) < 4.78 is 65.3. The first-order chi connectivity index (χ1) is 10.3. The van der Waals surface area contributed by atoms with Crippen molar-refractivity contribution in [2.45, 2.75) is 11.0 Å². The van der Waals surface area contributed by atoms with Gasteiger partial charge < -0.3 is 5.11 Å². The van der Waals surface area contributed by atoms with E-state index in [1.54, 1.807) is 0 Å². The first kappa shape index (κ1) is 16.5. The lowest BCUT2D eigenvalue weighted by molar-refractivity contribution is 0.177. The summed E-state index contributed by atoms with van der Waals surface area (Å²) in [6, 6.07) is 7.14. The number of aliphatic hydroxyl groups excluding tert-OH is 1. The van der Waals surface area contributed by atoms with E-state index in [1.807, 2.05) is 4.72 Å². The molecule has 4 nitrogen and oxygen atoms in total. The van der Waals surface area contributed by atoms with Crippen LogP contribution in [0.2, 0.25) is 0 Å². The smallest absolute Gasteiger partial charge is 0.240 e. The van der Waals surface area contributed by atoms with E-state index in [4.69, 9.17) is 0 Å². The quantitative estimate of drug-likeness (QED) is 0.882. The standard InChI is InChI=1S/C14H12F3NO3S/c15-9-5-10(16)7-11(6-9)22(20,21)18-8-14(19)12-3-1-2-4-13(12)17/h1-7,14,18-19H,8H2. The van der Waals surface area contributed by atoms with Gasteiger partial charge in [0.05, 0.1) is 11.0 Å². The third kappa shape index (κ3) is 3.85. The van der Waals surface area contributed by atoms with Gasteiger partial charge in [0.15, 0.2) is 0 Å². The monoisotopic (exact) mass is 331 g/mol. The lowest BCUT2D eigenvalue weighted by Crippen LogP contribution is -2.29. The van der Waals surface area contributed by atoms with Gasteiger partial charge in [-0.2, -0.15) is 0 Å². The molecule has 0 bridgehead atoms. The van der Waals surface area contributed by atoms with E-state index in [0.717, 1.165) is 6.07 Å². The number of benzene rings is 2. The number of halogens is 3. The molecule has 8 heteroatoms. The molecule has 0 heterocycles. The largest absolute Gasteiger partial charge is 0.387 e. The number of hydrogen-bond donors (Lipinski definition) is 2. The van der Waals surface area contributed by atoms with Crippen molar-refractivity contribution in [3.8, 4) is 0 Å². The Morgan fingerprint density at radius 3 is 2.23 bits per heavy atom. The van der Waals surface area contributed by atoms with Crippen molar-refractivity contribution in [1.29, 1.82) is 0 Å². The highest BCUT2D eigenvalue weighted by Crippen LogP contribution is 2.18. The molecule has 1 unspecified atom stereocenters. The number of rotatable bonds is 5. The fraction of sp³-hybridized carbons (Fsp3) is 0.143. The lowest BCUT2D eigenvalue weighted by atomic mass is 10.1.